The molecular weight excluding hydrogens is 218 g/mol. The predicted octanol–water partition coefficient (Wildman–Crippen LogP) is 1.56. The quantitative estimate of drug-likeness (QED) is 0.673. The van der Waals surface area contributed by atoms with Crippen molar-refractivity contribution in [2.24, 2.45) is 0 Å². The van der Waals surface area contributed by atoms with Crippen LogP contribution in [0.4, 0.5) is 0 Å². The van der Waals surface area contributed by atoms with Crippen molar-refractivity contribution in [1.29, 1.82) is 0 Å². The van der Waals surface area contributed by atoms with Gasteiger partial charge in [0.1, 0.15) is 6.04 Å². The van der Waals surface area contributed by atoms with Crippen LogP contribution in [0, 0.1) is 0 Å². The molecule has 0 radical (unpaired) electrons. The number of aliphatic carboxylic acids is 1. The Labute approximate surface area is 101 Å². The van der Waals surface area contributed by atoms with E-state index in [0.29, 0.717) is 6.42 Å². The first kappa shape index (κ1) is 13.7. The zero-order valence-corrected chi connectivity index (χ0v) is 9.97. The number of benzene rings is 1. The zero-order valence-electron chi connectivity index (χ0n) is 9.97. The molecule has 0 aromatic heterocycles. The third-order valence-corrected chi connectivity index (χ3v) is 2.62. The van der Waals surface area contributed by atoms with Gasteiger partial charge in [0.15, 0.2) is 0 Å². The molecule has 3 N–H and O–H groups in total. The van der Waals surface area contributed by atoms with Gasteiger partial charge in [0.05, 0.1) is 6.10 Å². The zero-order chi connectivity index (χ0) is 12.7. The van der Waals surface area contributed by atoms with Gasteiger partial charge in [-0.3, -0.25) is 4.79 Å². The molecule has 0 saturated carbocycles. The summed E-state index contributed by atoms with van der Waals surface area (Å²) in [7, 11) is 0. The standard InChI is InChI=1S/C13H19NO3/c1-2-6-11(13(16)17)14-9-12(15)10-7-4-3-5-8-10/h3-5,7-8,11-12,14-15H,2,6,9H2,1H3,(H,16,17)/t11?,12-/m1/s1. The maximum atomic E-state index is 10.9. The molecule has 1 aromatic carbocycles. The molecule has 0 amide bonds. The maximum absolute atomic E-state index is 10.9. The van der Waals surface area contributed by atoms with Gasteiger partial charge < -0.3 is 15.5 Å². The highest BCUT2D eigenvalue weighted by Gasteiger charge is 2.17. The van der Waals surface area contributed by atoms with E-state index in [2.05, 4.69) is 5.32 Å². The summed E-state index contributed by atoms with van der Waals surface area (Å²) in [5, 5.41) is 21.7. The van der Waals surface area contributed by atoms with Gasteiger partial charge in [0.25, 0.3) is 0 Å². The predicted molar refractivity (Wildman–Crippen MR) is 65.7 cm³/mol. The Balaban J connectivity index is 2.46. The van der Waals surface area contributed by atoms with Crippen LogP contribution < -0.4 is 5.32 Å². The van der Waals surface area contributed by atoms with Crippen molar-refractivity contribution in [3.05, 3.63) is 35.9 Å². The van der Waals surface area contributed by atoms with Gasteiger partial charge in [-0.15, -0.1) is 0 Å². The van der Waals surface area contributed by atoms with Crippen molar-refractivity contribution in [2.75, 3.05) is 6.54 Å². The third kappa shape index (κ3) is 4.54. The van der Waals surface area contributed by atoms with Crippen LogP contribution in [0.2, 0.25) is 0 Å². The summed E-state index contributed by atoms with van der Waals surface area (Å²) in [6.07, 6.45) is 0.692. The second-order valence-electron chi connectivity index (χ2n) is 4.01. The summed E-state index contributed by atoms with van der Waals surface area (Å²) in [5.41, 5.74) is 0.792. The molecule has 0 heterocycles. The topological polar surface area (TPSA) is 69.6 Å². The molecule has 0 aliphatic heterocycles. The normalized spacial score (nSPS) is 14.2. The van der Waals surface area contributed by atoms with E-state index in [1.54, 1.807) is 0 Å². The summed E-state index contributed by atoms with van der Waals surface area (Å²) in [4.78, 5) is 10.9. The van der Waals surface area contributed by atoms with E-state index in [9.17, 15) is 9.90 Å². The van der Waals surface area contributed by atoms with E-state index in [0.717, 1.165) is 12.0 Å². The van der Waals surface area contributed by atoms with Gasteiger partial charge in [0.2, 0.25) is 0 Å². The molecule has 0 fully saturated rings. The number of carbonyl (C=O) groups is 1. The smallest absolute Gasteiger partial charge is 0.320 e. The van der Waals surface area contributed by atoms with Crippen molar-refractivity contribution in [2.45, 2.75) is 31.9 Å². The van der Waals surface area contributed by atoms with Crippen molar-refractivity contribution in [3.8, 4) is 0 Å². The molecule has 4 heteroatoms. The Morgan fingerprint density at radius 3 is 2.53 bits per heavy atom. The van der Waals surface area contributed by atoms with Crippen LogP contribution in [0.5, 0.6) is 0 Å². The van der Waals surface area contributed by atoms with E-state index < -0.39 is 18.1 Å². The SMILES string of the molecule is CCCC(NC[C@@H](O)c1ccccc1)C(=O)O. The second kappa shape index (κ2) is 7.04. The van der Waals surface area contributed by atoms with Gasteiger partial charge in [-0.2, -0.15) is 0 Å². The van der Waals surface area contributed by atoms with Gasteiger partial charge in [-0.1, -0.05) is 43.7 Å². The Morgan fingerprint density at radius 2 is 2.00 bits per heavy atom. The molecule has 17 heavy (non-hydrogen) atoms. The molecule has 0 aliphatic carbocycles. The van der Waals surface area contributed by atoms with Gasteiger partial charge in [0, 0.05) is 6.54 Å². The average Bonchev–Trinajstić information content (AvgIpc) is 2.34. The van der Waals surface area contributed by atoms with Crippen molar-refractivity contribution in [3.63, 3.8) is 0 Å². The van der Waals surface area contributed by atoms with Crippen LogP contribution in [0.1, 0.15) is 31.4 Å². The van der Waals surface area contributed by atoms with Crippen molar-refractivity contribution >= 4 is 5.97 Å². The third-order valence-electron chi connectivity index (χ3n) is 2.62. The molecule has 94 valence electrons. The minimum absolute atomic E-state index is 0.251. The van der Waals surface area contributed by atoms with Gasteiger partial charge in [-0.05, 0) is 12.0 Å². The first-order chi connectivity index (χ1) is 8.15. The van der Waals surface area contributed by atoms with Crippen LogP contribution in [0.25, 0.3) is 0 Å². The molecule has 0 bridgehead atoms. The molecular formula is C13H19NO3. The molecule has 0 spiro atoms. The summed E-state index contributed by atoms with van der Waals surface area (Å²) in [6.45, 7) is 2.19. The van der Waals surface area contributed by atoms with Gasteiger partial charge >= 0.3 is 5.97 Å². The van der Waals surface area contributed by atoms with Gasteiger partial charge in [-0.25, -0.2) is 0 Å². The fourth-order valence-electron chi connectivity index (χ4n) is 1.65. The van der Waals surface area contributed by atoms with Crippen LogP contribution >= 0.6 is 0 Å². The van der Waals surface area contributed by atoms with E-state index in [-0.39, 0.29) is 6.54 Å². The maximum Gasteiger partial charge on any atom is 0.320 e. The van der Waals surface area contributed by atoms with E-state index >= 15 is 0 Å². The Kier molecular flexibility index (Phi) is 5.66. The second-order valence-corrected chi connectivity index (χ2v) is 4.01. The van der Waals surface area contributed by atoms with Crippen LogP contribution in [-0.2, 0) is 4.79 Å². The average molecular weight is 237 g/mol. The van der Waals surface area contributed by atoms with E-state index in [4.69, 9.17) is 5.11 Å². The molecule has 0 aliphatic rings. The number of carboxylic acids is 1. The lowest BCUT2D eigenvalue weighted by atomic mass is 10.1. The first-order valence-electron chi connectivity index (χ1n) is 5.84. The number of nitrogens with one attached hydrogen (secondary N) is 1. The minimum atomic E-state index is -0.868. The lowest BCUT2D eigenvalue weighted by Crippen LogP contribution is -2.38. The fourth-order valence-corrected chi connectivity index (χ4v) is 1.65. The number of aliphatic hydroxyl groups is 1. The summed E-state index contributed by atoms with van der Waals surface area (Å²) >= 11 is 0. The fraction of sp³-hybridized carbons (Fsp3) is 0.462. The van der Waals surface area contributed by atoms with Crippen LogP contribution in [0.15, 0.2) is 30.3 Å². The summed E-state index contributed by atoms with van der Waals surface area (Å²) in [5.74, 6) is -0.868. The Morgan fingerprint density at radius 1 is 1.35 bits per heavy atom. The van der Waals surface area contributed by atoms with E-state index in [1.165, 1.54) is 0 Å². The monoisotopic (exact) mass is 237 g/mol. The lowest BCUT2D eigenvalue weighted by molar-refractivity contribution is -0.139. The lowest BCUT2D eigenvalue weighted by Gasteiger charge is -2.17. The molecule has 4 nitrogen and oxygen atoms in total. The first-order valence-corrected chi connectivity index (χ1v) is 5.84. The number of hydrogen-bond donors (Lipinski definition) is 3. The molecule has 1 unspecified atom stereocenters. The van der Waals surface area contributed by atoms with E-state index in [1.807, 2.05) is 37.3 Å². The number of rotatable bonds is 7. The van der Waals surface area contributed by atoms with Crippen molar-refractivity contribution < 1.29 is 15.0 Å². The number of carboxylic acid groups (broad SMARTS) is 1. The van der Waals surface area contributed by atoms with Crippen molar-refractivity contribution in [1.82, 2.24) is 5.32 Å². The Hall–Kier alpha value is -1.39. The minimum Gasteiger partial charge on any atom is -0.480 e. The molecule has 1 aromatic rings. The molecule has 0 saturated heterocycles. The van der Waals surface area contributed by atoms with Crippen LogP contribution in [0.3, 0.4) is 0 Å². The highest BCUT2D eigenvalue weighted by molar-refractivity contribution is 5.73. The molecule has 2 atom stereocenters. The highest BCUT2D eigenvalue weighted by atomic mass is 16.4. The Bertz CT molecular complexity index is 340. The highest BCUT2D eigenvalue weighted by Crippen LogP contribution is 2.11. The summed E-state index contributed by atoms with van der Waals surface area (Å²) in [6, 6.07) is 8.63. The molecule has 1 rings (SSSR count). The number of hydrogen-bond acceptors (Lipinski definition) is 3. The largest absolute Gasteiger partial charge is 0.480 e. The number of aliphatic hydroxyl groups excluding tert-OH is 1. The summed E-state index contributed by atoms with van der Waals surface area (Å²) < 4.78 is 0. The van der Waals surface area contributed by atoms with Crippen LogP contribution in [-0.4, -0.2) is 28.8 Å².